The third-order valence-corrected chi connectivity index (χ3v) is 4.60. The second-order valence-corrected chi connectivity index (χ2v) is 7.19. The summed E-state index contributed by atoms with van der Waals surface area (Å²) in [5, 5.41) is 6.79. The Morgan fingerprint density at radius 2 is 1.26 bits per heavy atom. The van der Waals surface area contributed by atoms with E-state index in [1.54, 1.807) is 29.2 Å². The number of carbonyl (C=O) groups excluding carboxylic acids is 2. The largest absolute Gasteiger partial charge is 0.325 e. The van der Waals surface area contributed by atoms with Gasteiger partial charge in [-0.15, -0.1) is 0 Å². The molecule has 0 unspecified atom stereocenters. The predicted octanol–water partition coefficient (Wildman–Crippen LogP) is 4.51. The number of hydrogen-bond donors (Lipinski definition) is 2. The third-order valence-electron chi connectivity index (χ3n) is 4.13. The van der Waals surface area contributed by atoms with Crippen LogP contribution in [0.2, 0.25) is 10.0 Å². The van der Waals surface area contributed by atoms with Crippen molar-refractivity contribution in [3.8, 4) is 0 Å². The Hall–Kier alpha value is -2.08. The van der Waals surface area contributed by atoms with E-state index in [2.05, 4.69) is 10.6 Å². The molecule has 2 N–H and O–H groups in total. The maximum Gasteiger partial charge on any atom is 0.238 e. The molecule has 0 atom stereocenters. The molecule has 0 aliphatic rings. The summed E-state index contributed by atoms with van der Waals surface area (Å²) in [4.78, 5) is 26.4. The molecule has 0 heterocycles. The molecule has 2 aromatic carbocycles. The highest BCUT2D eigenvalue weighted by molar-refractivity contribution is 6.31. The van der Waals surface area contributed by atoms with Crippen molar-refractivity contribution in [2.24, 2.45) is 0 Å². The van der Waals surface area contributed by atoms with Crippen molar-refractivity contribution in [3.05, 3.63) is 57.6 Å². The maximum absolute atomic E-state index is 12.3. The highest BCUT2D eigenvalue weighted by atomic mass is 35.5. The van der Waals surface area contributed by atoms with Crippen molar-refractivity contribution >= 4 is 46.4 Å². The Bertz CT molecular complexity index is 772. The van der Waals surface area contributed by atoms with Crippen LogP contribution in [0.25, 0.3) is 0 Å². The van der Waals surface area contributed by atoms with Gasteiger partial charge < -0.3 is 10.6 Å². The van der Waals surface area contributed by atoms with Gasteiger partial charge >= 0.3 is 0 Å². The van der Waals surface area contributed by atoms with Gasteiger partial charge in [-0.25, -0.2) is 0 Å². The van der Waals surface area contributed by atoms with E-state index in [0.717, 1.165) is 11.1 Å². The average Bonchev–Trinajstić information content (AvgIpc) is 2.60. The lowest BCUT2D eigenvalue weighted by Gasteiger charge is -2.20. The number of amides is 2. The highest BCUT2D eigenvalue weighted by Crippen LogP contribution is 2.21. The summed E-state index contributed by atoms with van der Waals surface area (Å²) in [6.45, 7) is 6.45. The van der Waals surface area contributed by atoms with Gasteiger partial charge in [0, 0.05) is 21.4 Å². The average molecular weight is 408 g/mol. The van der Waals surface area contributed by atoms with E-state index in [1.807, 2.05) is 32.9 Å². The Morgan fingerprint density at radius 1 is 0.852 bits per heavy atom. The first-order valence-corrected chi connectivity index (χ1v) is 9.38. The molecule has 0 bridgehead atoms. The number of carbonyl (C=O) groups is 2. The summed E-state index contributed by atoms with van der Waals surface area (Å²) < 4.78 is 0. The van der Waals surface area contributed by atoms with Crippen LogP contribution in [0.4, 0.5) is 11.4 Å². The number of hydrogen-bond acceptors (Lipinski definition) is 3. The normalized spacial score (nSPS) is 10.7. The van der Waals surface area contributed by atoms with Crippen LogP contribution in [0, 0.1) is 13.8 Å². The van der Waals surface area contributed by atoms with Crippen molar-refractivity contribution < 1.29 is 9.59 Å². The van der Waals surface area contributed by atoms with Gasteiger partial charge in [-0.1, -0.05) is 42.3 Å². The van der Waals surface area contributed by atoms with E-state index in [9.17, 15) is 9.59 Å². The summed E-state index contributed by atoms with van der Waals surface area (Å²) in [6.07, 6.45) is 0. The van der Waals surface area contributed by atoms with E-state index in [-0.39, 0.29) is 24.9 Å². The topological polar surface area (TPSA) is 61.4 Å². The van der Waals surface area contributed by atoms with Gasteiger partial charge in [0.1, 0.15) is 0 Å². The first kappa shape index (κ1) is 21.2. The molecule has 0 saturated carbocycles. The van der Waals surface area contributed by atoms with Gasteiger partial charge in [0.15, 0.2) is 0 Å². The maximum atomic E-state index is 12.3. The Labute approximate surface area is 169 Å². The SMILES string of the molecule is CCN(CC(=O)Nc1cc(Cl)ccc1C)CC(=O)Nc1cc(Cl)ccc1C. The summed E-state index contributed by atoms with van der Waals surface area (Å²) in [5.74, 6) is -0.400. The van der Waals surface area contributed by atoms with Crippen LogP contribution in [0.15, 0.2) is 36.4 Å². The number of rotatable bonds is 7. The number of nitrogens with zero attached hydrogens (tertiary/aromatic N) is 1. The molecule has 27 heavy (non-hydrogen) atoms. The number of nitrogens with one attached hydrogen (secondary N) is 2. The van der Waals surface area contributed by atoms with Gasteiger partial charge in [-0.05, 0) is 55.8 Å². The Balaban J connectivity index is 1.94. The lowest BCUT2D eigenvalue weighted by molar-refractivity contribution is -0.119. The van der Waals surface area contributed by atoms with Gasteiger partial charge in [-0.3, -0.25) is 14.5 Å². The molecule has 0 radical (unpaired) electrons. The van der Waals surface area contributed by atoms with Crippen LogP contribution in [-0.2, 0) is 9.59 Å². The van der Waals surface area contributed by atoms with E-state index in [0.29, 0.717) is 28.0 Å². The summed E-state index contributed by atoms with van der Waals surface area (Å²) in [6, 6.07) is 10.6. The zero-order valence-corrected chi connectivity index (χ0v) is 17.1. The smallest absolute Gasteiger partial charge is 0.238 e. The fraction of sp³-hybridized carbons (Fsp3) is 0.300. The van der Waals surface area contributed by atoms with E-state index in [1.165, 1.54) is 0 Å². The fourth-order valence-electron chi connectivity index (χ4n) is 2.52. The lowest BCUT2D eigenvalue weighted by Crippen LogP contribution is -2.38. The Morgan fingerprint density at radius 3 is 1.63 bits per heavy atom. The molecular weight excluding hydrogens is 385 g/mol. The molecule has 2 rings (SSSR count). The molecule has 5 nitrogen and oxygen atoms in total. The van der Waals surface area contributed by atoms with Gasteiger partial charge in [0.25, 0.3) is 0 Å². The van der Waals surface area contributed by atoms with Crippen LogP contribution in [0.3, 0.4) is 0 Å². The van der Waals surface area contributed by atoms with Gasteiger partial charge in [-0.2, -0.15) is 0 Å². The number of anilines is 2. The number of aryl methyl sites for hydroxylation is 2. The quantitative estimate of drug-likeness (QED) is 0.709. The van der Waals surface area contributed by atoms with Gasteiger partial charge in [0.05, 0.1) is 13.1 Å². The van der Waals surface area contributed by atoms with Crippen LogP contribution >= 0.6 is 23.2 Å². The standard InChI is InChI=1S/C20H23Cl2N3O2/c1-4-25(11-19(26)23-17-9-15(21)7-5-13(17)2)12-20(27)24-18-10-16(22)8-6-14(18)3/h5-10H,4,11-12H2,1-3H3,(H,23,26)(H,24,27). The Kier molecular flexibility index (Phi) is 7.66. The first-order chi connectivity index (χ1) is 12.8. The molecule has 144 valence electrons. The van der Waals surface area contributed by atoms with E-state index < -0.39 is 0 Å². The van der Waals surface area contributed by atoms with E-state index in [4.69, 9.17) is 23.2 Å². The second-order valence-electron chi connectivity index (χ2n) is 6.32. The minimum atomic E-state index is -0.200. The van der Waals surface area contributed by atoms with Crippen molar-refractivity contribution in [1.29, 1.82) is 0 Å². The molecular formula is C20H23Cl2N3O2. The van der Waals surface area contributed by atoms with Crippen molar-refractivity contribution in [1.82, 2.24) is 4.90 Å². The second kappa shape index (κ2) is 9.74. The van der Waals surface area contributed by atoms with Crippen LogP contribution < -0.4 is 10.6 Å². The molecule has 2 amide bonds. The van der Waals surface area contributed by atoms with Crippen LogP contribution in [0.1, 0.15) is 18.1 Å². The molecule has 7 heteroatoms. The summed E-state index contributed by atoms with van der Waals surface area (Å²) >= 11 is 12.0. The molecule has 2 aromatic rings. The van der Waals surface area contributed by atoms with Gasteiger partial charge in [0.2, 0.25) is 11.8 Å². The molecule has 0 aliphatic carbocycles. The molecule has 0 saturated heterocycles. The lowest BCUT2D eigenvalue weighted by atomic mass is 10.2. The van der Waals surface area contributed by atoms with Crippen LogP contribution in [0.5, 0.6) is 0 Å². The molecule has 0 aromatic heterocycles. The first-order valence-electron chi connectivity index (χ1n) is 8.63. The summed E-state index contributed by atoms with van der Waals surface area (Å²) in [7, 11) is 0. The minimum absolute atomic E-state index is 0.102. The van der Waals surface area contributed by atoms with E-state index >= 15 is 0 Å². The molecule has 0 spiro atoms. The van der Waals surface area contributed by atoms with Crippen molar-refractivity contribution in [2.45, 2.75) is 20.8 Å². The highest BCUT2D eigenvalue weighted by Gasteiger charge is 2.15. The predicted molar refractivity (Wildman–Crippen MR) is 112 cm³/mol. The molecule has 0 fully saturated rings. The third kappa shape index (κ3) is 6.54. The zero-order chi connectivity index (χ0) is 20.0. The zero-order valence-electron chi connectivity index (χ0n) is 15.6. The van der Waals surface area contributed by atoms with Crippen molar-refractivity contribution in [3.63, 3.8) is 0 Å². The summed E-state index contributed by atoms with van der Waals surface area (Å²) in [5.41, 5.74) is 3.18. The monoisotopic (exact) mass is 407 g/mol. The number of halogens is 2. The van der Waals surface area contributed by atoms with Crippen molar-refractivity contribution in [2.75, 3.05) is 30.3 Å². The number of benzene rings is 2. The fourth-order valence-corrected chi connectivity index (χ4v) is 2.87. The number of likely N-dealkylation sites (N-methyl/N-ethyl adjacent to an activating group) is 1. The van der Waals surface area contributed by atoms with Crippen LogP contribution in [-0.4, -0.2) is 36.3 Å². The molecule has 0 aliphatic heterocycles. The minimum Gasteiger partial charge on any atom is -0.325 e.